The van der Waals surface area contributed by atoms with Crippen molar-refractivity contribution in [3.63, 3.8) is 0 Å². The maximum atomic E-state index is 11.8. The Morgan fingerprint density at radius 2 is 2.12 bits per heavy atom. The highest BCUT2D eigenvalue weighted by Crippen LogP contribution is 2.31. The molecule has 1 aliphatic heterocycles. The summed E-state index contributed by atoms with van der Waals surface area (Å²) in [7, 11) is 0. The summed E-state index contributed by atoms with van der Waals surface area (Å²) in [5, 5.41) is 0. The number of alkyl halides is 1. The van der Waals surface area contributed by atoms with Gasteiger partial charge in [-0.3, -0.25) is 9.59 Å². The maximum Gasteiger partial charge on any atom is 0.299 e. The first-order valence-corrected chi connectivity index (χ1v) is 6.25. The van der Waals surface area contributed by atoms with Gasteiger partial charge in [-0.15, -0.1) is 11.6 Å². The molecule has 0 unspecified atom stereocenters. The minimum atomic E-state index is -0.524. The van der Waals surface area contributed by atoms with Crippen LogP contribution in [-0.2, 0) is 4.79 Å². The van der Waals surface area contributed by atoms with Crippen LogP contribution in [0.25, 0.3) is 0 Å². The maximum absolute atomic E-state index is 11.8. The lowest BCUT2D eigenvalue weighted by Gasteiger charge is -2.16. The number of carbonyl (C=O) groups is 2. The fourth-order valence-corrected chi connectivity index (χ4v) is 2.14. The van der Waals surface area contributed by atoms with Crippen molar-refractivity contribution in [3.8, 4) is 0 Å². The number of halogens is 2. The number of hydrogen-bond donors (Lipinski definition) is 0. The molecule has 0 N–H and O–H groups in total. The number of ketones is 1. The van der Waals surface area contributed by atoms with Gasteiger partial charge in [-0.1, -0.05) is 22.5 Å². The summed E-state index contributed by atoms with van der Waals surface area (Å²) in [5.41, 5.74) is 1.74. The summed E-state index contributed by atoms with van der Waals surface area (Å²) < 4.78 is 0.774. The van der Waals surface area contributed by atoms with E-state index in [0.717, 1.165) is 4.47 Å². The van der Waals surface area contributed by atoms with E-state index in [0.29, 0.717) is 16.8 Å². The number of rotatable bonds is 3. The van der Waals surface area contributed by atoms with Crippen LogP contribution in [0.4, 0.5) is 5.69 Å². The van der Waals surface area contributed by atoms with Crippen molar-refractivity contribution in [1.29, 1.82) is 0 Å². The van der Waals surface area contributed by atoms with Gasteiger partial charge in [0.2, 0.25) is 0 Å². The van der Waals surface area contributed by atoms with E-state index < -0.39 is 11.7 Å². The molecule has 2 rings (SSSR count). The second-order valence-corrected chi connectivity index (χ2v) is 4.95. The van der Waals surface area contributed by atoms with Gasteiger partial charge < -0.3 is 4.90 Å². The number of amides is 1. The molecule has 0 aromatic heterocycles. The zero-order valence-corrected chi connectivity index (χ0v) is 11.2. The van der Waals surface area contributed by atoms with E-state index in [-0.39, 0.29) is 12.4 Å². The van der Waals surface area contributed by atoms with Gasteiger partial charge in [-0.05, 0) is 23.8 Å². The molecule has 3 nitrogen and oxygen atoms in total. The van der Waals surface area contributed by atoms with Gasteiger partial charge in [-0.2, -0.15) is 0 Å². The van der Waals surface area contributed by atoms with Gasteiger partial charge in [0.15, 0.2) is 0 Å². The van der Waals surface area contributed by atoms with Crippen LogP contribution in [0.1, 0.15) is 10.4 Å². The lowest BCUT2D eigenvalue weighted by atomic mass is 10.1. The average Bonchev–Trinajstić information content (AvgIpc) is 2.54. The quantitative estimate of drug-likeness (QED) is 0.489. The van der Waals surface area contributed by atoms with E-state index in [2.05, 4.69) is 22.5 Å². The molecule has 1 aromatic carbocycles. The van der Waals surface area contributed by atoms with Gasteiger partial charge in [0.1, 0.15) is 0 Å². The molecule has 88 valence electrons. The summed E-state index contributed by atoms with van der Waals surface area (Å²) in [5.74, 6) is -0.739. The normalized spacial score (nSPS) is 14.1. The molecule has 5 heteroatoms. The standard InChI is InChI=1S/C12H9BrClNO2/c1-7(5-14)6-15-10-3-2-8(13)4-9(10)11(16)12(15)17/h2-4H,1,5-6H2. The SMILES string of the molecule is C=C(CCl)CN1C(=O)C(=O)c2cc(Br)ccc21. The predicted octanol–water partition coefficient (Wildman–Crippen LogP) is 2.77. The molecule has 1 aromatic rings. The minimum Gasteiger partial charge on any atom is -0.301 e. The van der Waals surface area contributed by atoms with Crippen LogP contribution in [-0.4, -0.2) is 24.1 Å². The van der Waals surface area contributed by atoms with Crippen LogP contribution in [0.15, 0.2) is 34.8 Å². The Kier molecular flexibility index (Phi) is 3.35. The second kappa shape index (κ2) is 4.63. The molecule has 0 bridgehead atoms. The molecule has 17 heavy (non-hydrogen) atoms. The molecule has 0 spiro atoms. The summed E-state index contributed by atoms with van der Waals surface area (Å²) >= 11 is 8.91. The van der Waals surface area contributed by atoms with Crippen LogP contribution in [0, 0.1) is 0 Å². The molecule has 1 amide bonds. The number of nitrogens with zero attached hydrogens (tertiary/aromatic N) is 1. The van der Waals surface area contributed by atoms with E-state index >= 15 is 0 Å². The van der Waals surface area contributed by atoms with Crippen LogP contribution < -0.4 is 4.90 Å². The Labute approximate surface area is 112 Å². The first-order valence-electron chi connectivity index (χ1n) is 4.93. The Bertz CT molecular complexity index is 527. The summed E-state index contributed by atoms with van der Waals surface area (Å²) in [4.78, 5) is 25.0. The van der Waals surface area contributed by atoms with Crippen molar-refractivity contribution in [2.24, 2.45) is 0 Å². The summed E-state index contributed by atoms with van der Waals surface area (Å²) in [6.45, 7) is 4.02. The van der Waals surface area contributed by atoms with Gasteiger partial charge in [0.05, 0.1) is 11.3 Å². The first kappa shape index (κ1) is 12.3. The van der Waals surface area contributed by atoms with Gasteiger partial charge >= 0.3 is 0 Å². The van der Waals surface area contributed by atoms with E-state index in [4.69, 9.17) is 11.6 Å². The topological polar surface area (TPSA) is 37.4 Å². The number of Topliss-reactive ketones (excluding diaryl/α,β-unsaturated/α-hetero) is 1. The molecule has 0 saturated carbocycles. The van der Waals surface area contributed by atoms with E-state index in [9.17, 15) is 9.59 Å². The fraction of sp³-hybridized carbons (Fsp3) is 0.167. The molecule has 0 radical (unpaired) electrons. The van der Waals surface area contributed by atoms with Crippen molar-refractivity contribution in [2.45, 2.75) is 0 Å². The van der Waals surface area contributed by atoms with Crippen LogP contribution in [0.3, 0.4) is 0 Å². The summed E-state index contributed by atoms with van der Waals surface area (Å²) in [6.07, 6.45) is 0. The highest BCUT2D eigenvalue weighted by atomic mass is 79.9. The molecule has 0 fully saturated rings. The average molecular weight is 315 g/mol. The van der Waals surface area contributed by atoms with Gasteiger partial charge in [0.25, 0.3) is 11.7 Å². The molecule has 1 heterocycles. The number of fused-ring (bicyclic) bond motifs is 1. The first-order chi connectivity index (χ1) is 8.04. The lowest BCUT2D eigenvalue weighted by Crippen LogP contribution is -2.31. The largest absolute Gasteiger partial charge is 0.301 e. The second-order valence-electron chi connectivity index (χ2n) is 3.77. The molecular weight excluding hydrogens is 305 g/mol. The third-order valence-corrected chi connectivity index (χ3v) is 3.38. The van der Waals surface area contributed by atoms with E-state index in [1.54, 1.807) is 18.2 Å². The van der Waals surface area contributed by atoms with Crippen LogP contribution >= 0.6 is 27.5 Å². The van der Waals surface area contributed by atoms with E-state index in [1.807, 2.05) is 0 Å². The monoisotopic (exact) mass is 313 g/mol. The van der Waals surface area contributed by atoms with Crippen molar-refractivity contribution in [3.05, 3.63) is 40.4 Å². The highest BCUT2D eigenvalue weighted by Gasteiger charge is 2.35. The Balaban J connectivity index is 2.41. The van der Waals surface area contributed by atoms with Crippen molar-refractivity contribution < 1.29 is 9.59 Å². The van der Waals surface area contributed by atoms with Crippen molar-refractivity contribution in [1.82, 2.24) is 0 Å². The van der Waals surface area contributed by atoms with Crippen molar-refractivity contribution >= 4 is 44.9 Å². The molecule has 1 aliphatic rings. The lowest BCUT2D eigenvalue weighted by molar-refractivity contribution is -0.114. The third-order valence-electron chi connectivity index (χ3n) is 2.50. The summed E-state index contributed by atoms with van der Waals surface area (Å²) in [6, 6.07) is 5.18. The molecule has 0 atom stereocenters. The zero-order valence-electron chi connectivity index (χ0n) is 8.87. The molecule has 0 aliphatic carbocycles. The number of benzene rings is 1. The third kappa shape index (κ3) is 2.15. The minimum absolute atomic E-state index is 0.268. The van der Waals surface area contributed by atoms with Crippen LogP contribution in [0.2, 0.25) is 0 Å². The van der Waals surface area contributed by atoms with Gasteiger partial charge in [-0.25, -0.2) is 0 Å². The fourth-order valence-electron chi connectivity index (χ4n) is 1.70. The zero-order chi connectivity index (χ0) is 12.6. The number of carbonyl (C=O) groups excluding carboxylic acids is 2. The Morgan fingerprint density at radius 1 is 1.41 bits per heavy atom. The number of hydrogen-bond acceptors (Lipinski definition) is 2. The van der Waals surface area contributed by atoms with Crippen LogP contribution in [0.5, 0.6) is 0 Å². The molecular formula is C12H9BrClNO2. The molecule has 0 saturated heterocycles. The highest BCUT2D eigenvalue weighted by molar-refractivity contribution is 9.10. The van der Waals surface area contributed by atoms with E-state index in [1.165, 1.54) is 4.90 Å². The Morgan fingerprint density at radius 3 is 2.76 bits per heavy atom. The smallest absolute Gasteiger partial charge is 0.299 e. The Hall–Kier alpha value is -1.13. The van der Waals surface area contributed by atoms with Gasteiger partial charge in [0, 0.05) is 16.9 Å². The number of anilines is 1. The predicted molar refractivity (Wildman–Crippen MR) is 70.7 cm³/mol. The van der Waals surface area contributed by atoms with Crippen molar-refractivity contribution in [2.75, 3.05) is 17.3 Å².